The van der Waals surface area contributed by atoms with E-state index in [-0.39, 0.29) is 11.4 Å². The number of nitrogens with zero attached hydrogens (tertiary/aromatic N) is 2. The molecule has 1 N–H and O–H groups in total. The van der Waals surface area contributed by atoms with Crippen molar-refractivity contribution in [1.29, 1.82) is 0 Å². The molecule has 4 rings (SSSR count). The molecule has 1 amide bonds. The van der Waals surface area contributed by atoms with E-state index in [0.29, 0.717) is 18.1 Å². The summed E-state index contributed by atoms with van der Waals surface area (Å²) in [5.74, 6) is 0.763. The summed E-state index contributed by atoms with van der Waals surface area (Å²) < 4.78 is 42.3. The van der Waals surface area contributed by atoms with Crippen molar-refractivity contribution >= 4 is 38.6 Å². The number of sulfonamides is 1. The number of benzene rings is 4. The Morgan fingerprint density at radius 1 is 0.923 bits per heavy atom. The molecule has 9 nitrogen and oxygen atoms in total. The van der Waals surface area contributed by atoms with Gasteiger partial charge in [0.2, 0.25) is 10.0 Å². The Labute approximate surface area is 227 Å². The number of carbonyl (C=O) groups excluding carboxylic acids is 1. The number of ether oxygens (including phenoxy) is 3. The third kappa shape index (κ3) is 7.05. The Bertz CT molecular complexity index is 1580. The van der Waals surface area contributed by atoms with Crippen LogP contribution in [-0.2, 0) is 21.4 Å². The molecule has 4 aromatic carbocycles. The Hall–Kier alpha value is -4.57. The summed E-state index contributed by atoms with van der Waals surface area (Å²) in [5, 5.41) is 6.27. The van der Waals surface area contributed by atoms with E-state index in [2.05, 4.69) is 28.7 Å². The van der Waals surface area contributed by atoms with Crippen LogP contribution in [0.4, 0.5) is 5.69 Å². The van der Waals surface area contributed by atoms with Crippen LogP contribution < -0.4 is 23.9 Å². The van der Waals surface area contributed by atoms with Crippen LogP contribution in [0.2, 0.25) is 0 Å². The van der Waals surface area contributed by atoms with Crippen molar-refractivity contribution in [1.82, 2.24) is 5.43 Å². The summed E-state index contributed by atoms with van der Waals surface area (Å²) in [5.41, 5.74) is 4.37. The predicted octanol–water partition coefficient (Wildman–Crippen LogP) is 4.35. The third-order valence-corrected chi connectivity index (χ3v) is 7.03. The zero-order valence-corrected chi connectivity index (χ0v) is 22.6. The van der Waals surface area contributed by atoms with Gasteiger partial charge in [-0.05, 0) is 58.3 Å². The maximum atomic E-state index is 12.6. The van der Waals surface area contributed by atoms with Gasteiger partial charge in [0.05, 0.1) is 32.4 Å². The molecule has 0 saturated heterocycles. The molecular weight excluding hydrogens is 518 g/mol. The standard InChI is InChI=1S/C29H29N3O6S/c1-36-25-15-16-28(37-2)27(17-25)32(39(3,34)35)19-29(33)31-30-18-21-11-13-24(14-12-21)38-20-23-9-6-8-22-7-4-5-10-26(22)23/h4-18H,19-20H2,1-3H3,(H,31,33)/b30-18-. The SMILES string of the molecule is COc1ccc(OC)c(N(CC(=O)N/N=C\c2ccc(OCc3cccc4ccccc34)cc2)S(C)(=O)=O)c1. The first kappa shape index (κ1) is 27.5. The maximum Gasteiger partial charge on any atom is 0.260 e. The van der Waals surface area contributed by atoms with Gasteiger partial charge in [0.1, 0.15) is 30.4 Å². The fourth-order valence-corrected chi connectivity index (χ4v) is 4.80. The van der Waals surface area contributed by atoms with Gasteiger partial charge in [-0.25, -0.2) is 13.8 Å². The predicted molar refractivity (Wildman–Crippen MR) is 152 cm³/mol. The van der Waals surface area contributed by atoms with Gasteiger partial charge in [0, 0.05) is 6.07 Å². The molecule has 0 heterocycles. The highest BCUT2D eigenvalue weighted by atomic mass is 32.2. The number of carbonyl (C=O) groups is 1. The molecular formula is C29H29N3O6S. The molecule has 0 fully saturated rings. The van der Waals surface area contributed by atoms with Gasteiger partial charge in [-0.3, -0.25) is 9.10 Å². The Morgan fingerprint density at radius 2 is 1.64 bits per heavy atom. The highest BCUT2D eigenvalue weighted by Gasteiger charge is 2.24. The van der Waals surface area contributed by atoms with Gasteiger partial charge in [0.25, 0.3) is 5.91 Å². The number of hydrogen-bond acceptors (Lipinski definition) is 7. The van der Waals surface area contributed by atoms with Crippen LogP contribution in [0, 0.1) is 0 Å². The van der Waals surface area contributed by atoms with Crippen molar-refractivity contribution in [3.8, 4) is 17.2 Å². The number of hydrazone groups is 1. The van der Waals surface area contributed by atoms with Crippen molar-refractivity contribution in [3.63, 3.8) is 0 Å². The lowest BCUT2D eigenvalue weighted by Gasteiger charge is -2.23. The molecule has 0 aliphatic carbocycles. The highest BCUT2D eigenvalue weighted by Crippen LogP contribution is 2.33. The number of amides is 1. The minimum absolute atomic E-state index is 0.178. The fraction of sp³-hybridized carbons (Fsp3) is 0.172. The topological polar surface area (TPSA) is 107 Å². The van der Waals surface area contributed by atoms with Crippen LogP contribution in [0.15, 0.2) is 90.0 Å². The first-order chi connectivity index (χ1) is 18.8. The lowest BCUT2D eigenvalue weighted by Crippen LogP contribution is -2.39. The van der Waals surface area contributed by atoms with E-state index in [4.69, 9.17) is 14.2 Å². The average Bonchev–Trinajstić information content (AvgIpc) is 2.94. The lowest BCUT2D eigenvalue weighted by atomic mass is 10.1. The largest absolute Gasteiger partial charge is 0.497 e. The molecule has 202 valence electrons. The monoisotopic (exact) mass is 547 g/mol. The first-order valence-corrected chi connectivity index (χ1v) is 13.8. The molecule has 39 heavy (non-hydrogen) atoms. The Balaban J connectivity index is 1.36. The van der Waals surface area contributed by atoms with E-state index in [1.54, 1.807) is 24.3 Å². The molecule has 0 aliphatic heterocycles. The molecule has 0 bridgehead atoms. The molecule has 10 heteroatoms. The zero-order valence-electron chi connectivity index (χ0n) is 21.8. The molecule has 0 atom stereocenters. The number of fused-ring (bicyclic) bond motifs is 1. The number of methoxy groups -OCH3 is 2. The second kappa shape index (κ2) is 12.3. The first-order valence-electron chi connectivity index (χ1n) is 12.0. The smallest absolute Gasteiger partial charge is 0.260 e. The van der Waals surface area contributed by atoms with Gasteiger partial charge in [-0.1, -0.05) is 42.5 Å². The summed E-state index contributed by atoms with van der Waals surface area (Å²) in [4.78, 5) is 12.6. The molecule has 0 saturated carbocycles. The van der Waals surface area contributed by atoms with Crippen LogP contribution in [-0.4, -0.2) is 47.6 Å². The Kier molecular flexibility index (Phi) is 8.67. The van der Waals surface area contributed by atoms with Gasteiger partial charge < -0.3 is 14.2 Å². The van der Waals surface area contributed by atoms with E-state index in [0.717, 1.165) is 32.5 Å². The third-order valence-electron chi connectivity index (χ3n) is 5.90. The molecule has 0 radical (unpaired) electrons. The number of rotatable bonds is 11. The number of nitrogens with one attached hydrogen (secondary N) is 1. The molecule has 0 unspecified atom stereocenters. The highest BCUT2D eigenvalue weighted by molar-refractivity contribution is 7.92. The minimum atomic E-state index is -3.82. The van der Waals surface area contributed by atoms with Crippen LogP contribution in [0.5, 0.6) is 17.2 Å². The van der Waals surface area contributed by atoms with Crippen molar-refractivity contribution in [2.45, 2.75) is 6.61 Å². The van der Waals surface area contributed by atoms with Crippen LogP contribution in [0.3, 0.4) is 0 Å². The number of anilines is 1. The van der Waals surface area contributed by atoms with Crippen LogP contribution in [0.25, 0.3) is 10.8 Å². The second-order valence-electron chi connectivity index (χ2n) is 8.60. The van der Waals surface area contributed by atoms with Crippen LogP contribution >= 0.6 is 0 Å². The van der Waals surface area contributed by atoms with E-state index >= 15 is 0 Å². The molecule has 0 aliphatic rings. The summed E-state index contributed by atoms with van der Waals surface area (Å²) in [7, 11) is -0.947. The van der Waals surface area contributed by atoms with Gasteiger partial charge in [-0.15, -0.1) is 0 Å². The second-order valence-corrected chi connectivity index (χ2v) is 10.5. The maximum absolute atomic E-state index is 12.6. The fourth-order valence-electron chi connectivity index (χ4n) is 3.95. The summed E-state index contributed by atoms with van der Waals surface area (Å²) in [6.07, 6.45) is 2.47. The van der Waals surface area contributed by atoms with E-state index in [9.17, 15) is 13.2 Å². The van der Waals surface area contributed by atoms with Crippen molar-refractivity contribution in [3.05, 3.63) is 96.1 Å². The Morgan fingerprint density at radius 3 is 2.36 bits per heavy atom. The van der Waals surface area contributed by atoms with Crippen molar-refractivity contribution in [2.24, 2.45) is 5.10 Å². The summed E-state index contributed by atoms with van der Waals surface area (Å²) in [6.45, 7) is -0.0690. The van der Waals surface area contributed by atoms with Crippen molar-refractivity contribution in [2.75, 3.05) is 31.3 Å². The average molecular weight is 548 g/mol. The molecule has 0 aromatic heterocycles. The molecule has 0 spiro atoms. The lowest BCUT2D eigenvalue weighted by molar-refractivity contribution is -0.119. The van der Waals surface area contributed by atoms with Gasteiger partial charge >= 0.3 is 0 Å². The van der Waals surface area contributed by atoms with Gasteiger partial charge in [-0.2, -0.15) is 5.10 Å². The minimum Gasteiger partial charge on any atom is -0.497 e. The summed E-state index contributed by atoms with van der Waals surface area (Å²) in [6, 6.07) is 26.2. The summed E-state index contributed by atoms with van der Waals surface area (Å²) >= 11 is 0. The quantitative estimate of drug-likeness (QED) is 0.221. The van der Waals surface area contributed by atoms with E-state index in [1.807, 2.05) is 36.4 Å². The number of hydrogen-bond donors (Lipinski definition) is 1. The van der Waals surface area contributed by atoms with E-state index in [1.165, 1.54) is 26.5 Å². The normalized spacial score (nSPS) is 11.4. The van der Waals surface area contributed by atoms with E-state index < -0.39 is 22.5 Å². The van der Waals surface area contributed by atoms with Crippen LogP contribution in [0.1, 0.15) is 11.1 Å². The van der Waals surface area contributed by atoms with Crippen molar-refractivity contribution < 1.29 is 27.4 Å². The zero-order chi connectivity index (χ0) is 27.8. The molecule has 4 aromatic rings. The van der Waals surface area contributed by atoms with Gasteiger partial charge in [0.15, 0.2) is 0 Å².